The number of hydrogen-bond donors (Lipinski definition) is 1. The fraction of sp³-hybridized carbons (Fsp3) is 0.0588. The predicted molar refractivity (Wildman–Crippen MR) is 83.8 cm³/mol. The lowest BCUT2D eigenvalue weighted by atomic mass is 10.00. The number of rotatable bonds is 3. The summed E-state index contributed by atoms with van der Waals surface area (Å²) < 4.78 is 0. The molecule has 0 atom stereocenters. The Kier molecular flexibility index (Phi) is 3.72. The summed E-state index contributed by atoms with van der Waals surface area (Å²) in [4.78, 5) is 0. The highest BCUT2D eigenvalue weighted by Gasteiger charge is 2.15. The third-order valence-electron chi connectivity index (χ3n) is 3.30. The number of H-pyrrole nitrogens is 1. The van der Waals surface area contributed by atoms with Gasteiger partial charge in [0.2, 0.25) is 0 Å². The molecule has 0 unspecified atom stereocenters. The Labute approximate surface area is 127 Å². The van der Waals surface area contributed by atoms with Crippen LogP contribution in [0.25, 0.3) is 22.5 Å². The summed E-state index contributed by atoms with van der Waals surface area (Å²) in [5, 5.41) is 17.2. The van der Waals surface area contributed by atoms with Crippen molar-refractivity contribution in [1.82, 2.24) is 10.2 Å². The number of nitrogens with zero attached hydrogens (tertiary/aromatic N) is 2. The van der Waals surface area contributed by atoms with Crippen molar-refractivity contribution in [2.75, 3.05) is 0 Å². The van der Waals surface area contributed by atoms with E-state index in [1.807, 2.05) is 54.6 Å². The van der Waals surface area contributed by atoms with Crippen LogP contribution in [-0.2, 0) is 6.42 Å². The van der Waals surface area contributed by atoms with E-state index in [4.69, 9.17) is 16.9 Å². The van der Waals surface area contributed by atoms with Gasteiger partial charge in [0.1, 0.15) is 0 Å². The third-order valence-corrected chi connectivity index (χ3v) is 3.56. The SMILES string of the molecule is N#CCc1c(-c2ccccc2)n[nH]c1-c1ccc(Cl)cc1. The molecule has 0 aliphatic carbocycles. The van der Waals surface area contributed by atoms with Crippen molar-refractivity contribution in [2.45, 2.75) is 6.42 Å². The summed E-state index contributed by atoms with van der Waals surface area (Å²) in [5.41, 5.74) is 4.57. The zero-order valence-corrected chi connectivity index (χ0v) is 11.9. The zero-order chi connectivity index (χ0) is 14.7. The standard InChI is InChI=1S/C17H12ClN3/c18-14-8-6-13(7-9-14)17-15(10-11-19)16(20-21-17)12-4-2-1-3-5-12/h1-9H,10H2,(H,20,21). The van der Waals surface area contributed by atoms with Crippen LogP contribution in [0.1, 0.15) is 5.56 Å². The fourth-order valence-electron chi connectivity index (χ4n) is 2.31. The number of hydrogen-bond acceptors (Lipinski definition) is 2. The normalized spacial score (nSPS) is 10.3. The van der Waals surface area contributed by atoms with E-state index in [2.05, 4.69) is 16.3 Å². The maximum atomic E-state index is 9.11. The first-order chi connectivity index (χ1) is 10.3. The van der Waals surface area contributed by atoms with Gasteiger partial charge in [0.05, 0.1) is 23.9 Å². The zero-order valence-electron chi connectivity index (χ0n) is 11.2. The number of halogens is 1. The third kappa shape index (κ3) is 2.67. The first-order valence-corrected chi connectivity index (χ1v) is 6.93. The molecule has 0 fully saturated rings. The van der Waals surface area contributed by atoms with Crippen LogP contribution in [0, 0.1) is 11.3 Å². The summed E-state index contributed by atoms with van der Waals surface area (Å²) in [7, 11) is 0. The van der Waals surface area contributed by atoms with Gasteiger partial charge in [0.25, 0.3) is 0 Å². The van der Waals surface area contributed by atoms with Crippen LogP contribution in [-0.4, -0.2) is 10.2 Å². The largest absolute Gasteiger partial charge is 0.277 e. The molecule has 0 aliphatic rings. The molecule has 0 bridgehead atoms. The van der Waals surface area contributed by atoms with E-state index in [-0.39, 0.29) is 0 Å². The molecule has 1 aromatic heterocycles. The molecule has 2 aromatic carbocycles. The van der Waals surface area contributed by atoms with Crippen molar-refractivity contribution in [3.05, 3.63) is 65.2 Å². The van der Waals surface area contributed by atoms with Crippen molar-refractivity contribution in [1.29, 1.82) is 5.26 Å². The first kappa shape index (κ1) is 13.4. The summed E-state index contributed by atoms with van der Waals surface area (Å²) in [6.45, 7) is 0. The van der Waals surface area contributed by atoms with Crippen LogP contribution >= 0.6 is 11.6 Å². The minimum Gasteiger partial charge on any atom is -0.277 e. The lowest BCUT2D eigenvalue weighted by Crippen LogP contribution is -1.88. The van der Waals surface area contributed by atoms with Gasteiger partial charge in [-0.3, -0.25) is 5.10 Å². The predicted octanol–water partition coefficient (Wildman–Crippen LogP) is 4.46. The van der Waals surface area contributed by atoms with Crippen LogP contribution in [0.4, 0.5) is 0 Å². The Hall–Kier alpha value is -2.57. The lowest BCUT2D eigenvalue weighted by Gasteiger charge is -2.03. The van der Waals surface area contributed by atoms with Crippen molar-refractivity contribution in [3.8, 4) is 28.6 Å². The van der Waals surface area contributed by atoms with Gasteiger partial charge in [0, 0.05) is 16.1 Å². The summed E-state index contributed by atoms with van der Waals surface area (Å²) in [6.07, 6.45) is 0.304. The van der Waals surface area contributed by atoms with Crippen molar-refractivity contribution in [2.24, 2.45) is 0 Å². The van der Waals surface area contributed by atoms with Gasteiger partial charge < -0.3 is 0 Å². The molecule has 4 heteroatoms. The van der Waals surface area contributed by atoms with E-state index < -0.39 is 0 Å². The van der Waals surface area contributed by atoms with Crippen LogP contribution in [0.15, 0.2) is 54.6 Å². The second kappa shape index (κ2) is 5.82. The van der Waals surface area contributed by atoms with E-state index in [9.17, 15) is 0 Å². The molecule has 0 amide bonds. The van der Waals surface area contributed by atoms with Crippen LogP contribution in [0.3, 0.4) is 0 Å². The smallest absolute Gasteiger partial charge is 0.0969 e. The number of aromatic amines is 1. The number of nitrogens with one attached hydrogen (secondary N) is 1. The maximum Gasteiger partial charge on any atom is 0.0969 e. The minimum absolute atomic E-state index is 0.304. The van der Waals surface area contributed by atoms with E-state index in [0.29, 0.717) is 11.4 Å². The topological polar surface area (TPSA) is 52.5 Å². The molecule has 0 saturated carbocycles. The molecule has 3 aromatic rings. The van der Waals surface area contributed by atoms with E-state index >= 15 is 0 Å². The van der Waals surface area contributed by atoms with E-state index in [1.165, 1.54) is 0 Å². The van der Waals surface area contributed by atoms with Gasteiger partial charge in [-0.1, -0.05) is 54.1 Å². The van der Waals surface area contributed by atoms with Crippen LogP contribution in [0.2, 0.25) is 5.02 Å². The molecular weight excluding hydrogens is 282 g/mol. The molecule has 102 valence electrons. The van der Waals surface area contributed by atoms with Gasteiger partial charge in [-0.2, -0.15) is 10.4 Å². The van der Waals surface area contributed by atoms with E-state index in [0.717, 1.165) is 28.1 Å². The summed E-state index contributed by atoms with van der Waals surface area (Å²) in [6, 6.07) is 19.6. The Bertz CT molecular complexity index is 783. The van der Waals surface area contributed by atoms with Crippen molar-refractivity contribution < 1.29 is 0 Å². The Balaban J connectivity index is 2.13. The Morgan fingerprint density at radius 3 is 2.38 bits per heavy atom. The molecule has 0 aliphatic heterocycles. The number of aromatic nitrogens is 2. The molecule has 3 rings (SSSR count). The van der Waals surface area contributed by atoms with Crippen molar-refractivity contribution >= 4 is 11.6 Å². The highest BCUT2D eigenvalue weighted by molar-refractivity contribution is 6.30. The second-order valence-electron chi connectivity index (χ2n) is 4.63. The molecule has 0 spiro atoms. The van der Waals surface area contributed by atoms with Gasteiger partial charge in [-0.05, 0) is 17.7 Å². The minimum atomic E-state index is 0.304. The van der Waals surface area contributed by atoms with E-state index in [1.54, 1.807) is 0 Å². The molecular formula is C17H12ClN3. The molecule has 1 heterocycles. The van der Waals surface area contributed by atoms with Crippen LogP contribution < -0.4 is 0 Å². The molecule has 0 radical (unpaired) electrons. The van der Waals surface area contributed by atoms with Gasteiger partial charge in [0.15, 0.2) is 0 Å². The maximum absolute atomic E-state index is 9.11. The first-order valence-electron chi connectivity index (χ1n) is 6.55. The Morgan fingerprint density at radius 1 is 1.00 bits per heavy atom. The summed E-state index contributed by atoms with van der Waals surface area (Å²) in [5.74, 6) is 0. The van der Waals surface area contributed by atoms with Gasteiger partial charge in [-0.25, -0.2) is 0 Å². The molecule has 1 N–H and O–H groups in total. The van der Waals surface area contributed by atoms with Crippen LogP contribution in [0.5, 0.6) is 0 Å². The monoisotopic (exact) mass is 293 g/mol. The van der Waals surface area contributed by atoms with Gasteiger partial charge in [-0.15, -0.1) is 0 Å². The highest BCUT2D eigenvalue weighted by Crippen LogP contribution is 2.30. The average molecular weight is 294 g/mol. The lowest BCUT2D eigenvalue weighted by molar-refractivity contribution is 1.10. The number of nitriles is 1. The summed E-state index contributed by atoms with van der Waals surface area (Å²) >= 11 is 5.92. The fourth-order valence-corrected chi connectivity index (χ4v) is 2.43. The molecule has 0 saturated heterocycles. The second-order valence-corrected chi connectivity index (χ2v) is 5.07. The Morgan fingerprint density at radius 2 is 1.71 bits per heavy atom. The number of benzene rings is 2. The molecule has 21 heavy (non-hydrogen) atoms. The highest BCUT2D eigenvalue weighted by atomic mass is 35.5. The quantitative estimate of drug-likeness (QED) is 0.775. The van der Waals surface area contributed by atoms with Gasteiger partial charge >= 0.3 is 0 Å². The molecule has 3 nitrogen and oxygen atoms in total. The average Bonchev–Trinajstić information content (AvgIpc) is 2.93. The van der Waals surface area contributed by atoms with Crippen molar-refractivity contribution in [3.63, 3.8) is 0 Å².